The number of hydrogen-bond acceptors (Lipinski definition) is 3. The van der Waals surface area contributed by atoms with Gasteiger partial charge in [0.25, 0.3) is 0 Å². The van der Waals surface area contributed by atoms with Crippen molar-refractivity contribution in [2.75, 3.05) is 0 Å². The van der Waals surface area contributed by atoms with Gasteiger partial charge in [0.05, 0.1) is 4.88 Å². The van der Waals surface area contributed by atoms with Crippen LogP contribution in [0.2, 0.25) is 0 Å². The maximum atomic E-state index is 13.1. The molecule has 2 aromatic heterocycles. The first-order valence-electron chi connectivity index (χ1n) is 5.12. The Bertz CT molecular complexity index is 744. The van der Waals surface area contributed by atoms with Crippen LogP contribution in [0.3, 0.4) is 0 Å². The second kappa shape index (κ2) is 4.33. The number of ketones is 1. The van der Waals surface area contributed by atoms with E-state index in [-0.39, 0.29) is 17.4 Å². The van der Waals surface area contributed by atoms with Crippen molar-refractivity contribution in [1.29, 1.82) is 0 Å². The smallest absolute Gasteiger partial charge is 0.238 e. The van der Waals surface area contributed by atoms with Crippen molar-refractivity contribution in [2.24, 2.45) is 0 Å². The fourth-order valence-corrected chi connectivity index (χ4v) is 3.01. The Morgan fingerprint density at radius 2 is 2.06 bits per heavy atom. The van der Waals surface area contributed by atoms with E-state index in [2.05, 4.69) is 15.9 Å². The molecule has 5 heteroatoms. The van der Waals surface area contributed by atoms with Crippen molar-refractivity contribution >= 4 is 43.1 Å². The molecule has 0 bridgehead atoms. The van der Waals surface area contributed by atoms with Gasteiger partial charge < -0.3 is 4.42 Å². The Labute approximate surface area is 114 Å². The summed E-state index contributed by atoms with van der Waals surface area (Å²) in [5, 5.41) is 0.857. The highest BCUT2D eigenvalue weighted by Gasteiger charge is 2.16. The molecule has 0 spiro atoms. The largest absolute Gasteiger partial charge is 0.446 e. The van der Waals surface area contributed by atoms with Crippen LogP contribution in [-0.4, -0.2) is 5.78 Å². The summed E-state index contributed by atoms with van der Waals surface area (Å²) in [5.74, 6) is -0.222. The molecule has 0 fully saturated rings. The molecule has 2 nitrogen and oxygen atoms in total. The van der Waals surface area contributed by atoms with Gasteiger partial charge in [0.1, 0.15) is 5.82 Å². The number of halogens is 2. The molecule has 3 aromatic rings. The highest BCUT2D eigenvalue weighted by molar-refractivity contribution is 9.10. The fourth-order valence-electron chi connectivity index (χ4n) is 1.67. The Hall–Kier alpha value is -1.46. The Morgan fingerprint density at radius 3 is 2.78 bits per heavy atom. The molecule has 0 atom stereocenters. The molecule has 0 N–H and O–H groups in total. The molecular formula is C13H6BrFO2S. The van der Waals surface area contributed by atoms with Gasteiger partial charge >= 0.3 is 0 Å². The van der Waals surface area contributed by atoms with E-state index in [1.807, 2.05) is 0 Å². The standard InChI is InChI=1S/C13H6BrFO2S/c14-12-4-3-9(17-12)13(16)11-5-7-1-2-8(15)6-10(7)18-11/h1-6H. The van der Waals surface area contributed by atoms with Crippen LogP contribution in [0.1, 0.15) is 15.4 Å². The molecule has 3 rings (SSSR count). The number of benzene rings is 1. The maximum absolute atomic E-state index is 13.1. The van der Waals surface area contributed by atoms with Crippen molar-refractivity contribution in [3.8, 4) is 0 Å². The lowest BCUT2D eigenvalue weighted by atomic mass is 10.2. The van der Waals surface area contributed by atoms with E-state index >= 15 is 0 Å². The zero-order valence-electron chi connectivity index (χ0n) is 8.94. The van der Waals surface area contributed by atoms with E-state index in [1.54, 1.807) is 24.3 Å². The molecule has 0 aliphatic heterocycles. The predicted octanol–water partition coefficient (Wildman–Crippen LogP) is 4.63. The third-order valence-electron chi connectivity index (χ3n) is 2.50. The lowest BCUT2D eigenvalue weighted by molar-refractivity contribution is 0.101. The van der Waals surface area contributed by atoms with Crippen LogP contribution in [0.25, 0.3) is 10.1 Å². The van der Waals surface area contributed by atoms with Gasteiger partial charge in [-0.25, -0.2) is 4.39 Å². The minimum Gasteiger partial charge on any atom is -0.446 e. The number of furan rings is 1. The summed E-state index contributed by atoms with van der Waals surface area (Å²) in [6, 6.07) is 9.49. The van der Waals surface area contributed by atoms with Gasteiger partial charge in [0, 0.05) is 4.70 Å². The lowest BCUT2D eigenvalue weighted by Crippen LogP contribution is -1.95. The number of carbonyl (C=O) groups excluding carboxylic acids is 1. The third kappa shape index (κ3) is 2.00. The van der Waals surface area contributed by atoms with Crippen molar-refractivity contribution in [1.82, 2.24) is 0 Å². The fraction of sp³-hybridized carbons (Fsp3) is 0. The monoisotopic (exact) mass is 324 g/mol. The highest BCUT2D eigenvalue weighted by Crippen LogP contribution is 2.28. The minimum atomic E-state index is -0.302. The van der Waals surface area contributed by atoms with Gasteiger partial charge in [-0.15, -0.1) is 11.3 Å². The number of rotatable bonds is 2. The van der Waals surface area contributed by atoms with Crippen molar-refractivity contribution in [2.45, 2.75) is 0 Å². The molecule has 0 unspecified atom stereocenters. The van der Waals surface area contributed by atoms with Gasteiger partial charge in [-0.1, -0.05) is 6.07 Å². The highest BCUT2D eigenvalue weighted by atomic mass is 79.9. The van der Waals surface area contributed by atoms with Crippen LogP contribution in [0.4, 0.5) is 4.39 Å². The van der Waals surface area contributed by atoms with Crippen LogP contribution in [-0.2, 0) is 0 Å². The second-order valence-corrected chi connectivity index (χ2v) is 5.59. The van der Waals surface area contributed by atoms with E-state index in [1.165, 1.54) is 23.5 Å². The van der Waals surface area contributed by atoms with E-state index in [0.29, 0.717) is 9.55 Å². The van der Waals surface area contributed by atoms with Gasteiger partial charge in [-0.2, -0.15) is 0 Å². The molecule has 0 aliphatic carbocycles. The summed E-state index contributed by atoms with van der Waals surface area (Å²) in [4.78, 5) is 12.7. The summed E-state index contributed by atoms with van der Waals surface area (Å²) < 4.78 is 19.6. The summed E-state index contributed by atoms with van der Waals surface area (Å²) in [5.41, 5.74) is 0. The zero-order chi connectivity index (χ0) is 12.7. The SMILES string of the molecule is O=C(c1ccc(Br)o1)c1cc2ccc(F)cc2s1. The first kappa shape index (κ1) is 11.6. The van der Waals surface area contributed by atoms with Crippen LogP contribution in [0.15, 0.2) is 45.5 Å². The van der Waals surface area contributed by atoms with Gasteiger partial charge in [-0.05, 0) is 51.6 Å². The zero-order valence-corrected chi connectivity index (χ0v) is 11.3. The van der Waals surface area contributed by atoms with Crippen molar-refractivity contribution in [3.63, 3.8) is 0 Å². The third-order valence-corrected chi connectivity index (χ3v) is 4.03. The molecule has 90 valence electrons. The Kier molecular flexibility index (Phi) is 2.80. The van der Waals surface area contributed by atoms with Crippen LogP contribution >= 0.6 is 27.3 Å². The first-order chi connectivity index (χ1) is 8.63. The molecule has 0 amide bonds. The van der Waals surface area contributed by atoms with E-state index in [4.69, 9.17) is 4.42 Å². The summed E-state index contributed by atoms with van der Waals surface area (Å²) in [6.45, 7) is 0. The molecule has 0 aliphatic rings. The molecule has 0 radical (unpaired) electrons. The molecular weight excluding hydrogens is 319 g/mol. The first-order valence-corrected chi connectivity index (χ1v) is 6.73. The topological polar surface area (TPSA) is 30.2 Å². The van der Waals surface area contributed by atoms with E-state index in [0.717, 1.165) is 10.1 Å². The number of carbonyl (C=O) groups is 1. The Morgan fingerprint density at radius 1 is 1.22 bits per heavy atom. The lowest BCUT2D eigenvalue weighted by Gasteiger charge is -1.90. The van der Waals surface area contributed by atoms with Gasteiger partial charge in [0.15, 0.2) is 10.4 Å². The minimum absolute atomic E-state index is 0.192. The number of fused-ring (bicyclic) bond motifs is 1. The maximum Gasteiger partial charge on any atom is 0.238 e. The average molecular weight is 325 g/mol. The quantitative estimate of drug-likeness (QED) is 0.643. The second-order valence-electron chi connectivity index (χ2n) is 3.73. The van der Waals surface area contributed by atoms with E-state index in [9.17, 15) is 9.18 Å². The summed E-state index contributed by atoms with van der Waals surface area (Å²) in [7, 11) is 0. The van der Waals surface area contributed by atoms with Crippen LogP contribution in [0, 0.1) is 5.82 Å². The molecule has 1 aromatic carbocycles. The van der Waals surface area contributed by atoms with Crippen LogP contribution < -0.4 is 0 Å². The van der Waals surface area contributed by atoms with Crippen molar-refractivity contribution in [3.05, 3.63) is 57.5 Å². The molecule has 18 heavy (non-hydrogen) atoms. The van der Waals surface area contributed by atoms with Gasteiger partial charge in [-0.3, -0.25) is 4.79 Å². The van der Waals surface area contributed by atoms with Crippen molar-refractivity contribution < 1.29 is 13.6 Å². The number of hydrogen-bond donors (Lipinski definition) is 0. The predicted molar refractivity (Wildman–Crippen MR) is 71.6 cm³/mol. The van der Waals surface area contributed by atoms with Crippen LogP contribution in [0.5, 0.6) is 0 Å². The molecule has 0 saturated carbocycles. The molecule has 0 saturated heterocycles. The van der Waals surface area contributed by atoms with Gasteiger partial charge in [0.2, 0.25) is 5.78 Å². The normalized spacial score (nSPS) is 11.0. The van der Waals surface area contributed by atoms with E-state index < -0.39 is 0 Å². The summed E-state index contributed by atoms with van der Waals surface area (Å²) >= 11 is 4.41. The summed E-state index contributed by atoms with van der Waals surface area (Å²) in [6.07, 6.45) is 0. The average Bonchev–Trinajstić information content (AvgIpc) is 2.93. The molecule has 2 heterocycles. The Balaban J connectivity index is 2.06. The number of thiophene rings is 1.